The van der Waals surface area contributed by atoms with Crippen LogP contribution in [0.3, 0.4) is 0 Å². The van der Waals surface area contributed by atoms with Crippen molar-refractivity contribution < 1.29 is 15.0 Å². The molecule has 0 amide bonds. The molecule has 344 valence electrons. The molecule has 0 saturated carbocycles. The van der Waals surface area contributed by atoms with Crippen molar-refractivity contribution in [3.63, 3.8) is 0 Å². The number of phenols is 2. The Hall–Kier alpha value is -2.97. The molecule has 0 atom stereocenters. The van der Waals surface area contributed by atoms with Crippen molar-refractivity contribution in [2.75, 3.05) is 26.2 Å². The van der Waals surface area contributed by atoms with Crippen LogP contribution in [0.15, 0.2) is 47.2 Å². The number of nitrogens with zero attached hydrogens (tertiary/aromatic N) is 2. The second-order valence-corrected chi connectivity index (χ2v) is 21.8. The van der Waals surface area contributed by atoms with Crippen LogP contribution in [0.5, 0.6) is 11.5 Å². The lowest BCUT2D eigenvalue weighted by atomic mass is 9.82. The van der Waals surface area contributed by atoms with Crippen LogP contribution in [0.1, 0.15) is 209 Å². The molecule has 4 aromatic rings. The first-order chi connectivity index (χ1) is 29.6. The summed E-state index contributed by atoms with van der Waals surface area (Å²) in [6.07, 6.45) is 19.4. The maximum Gasteiger partial charge on any atom is 0.214 e. The number of hydrogen-bond donors (Lipinski definition) is 2. The zero-order valence-corrected chi connectivity index (χ0v) is 42.3. The van der Waals surface area contributed by atoms with Crippen LogP contribution in [-0.4, -0.2) is 52.0 Å². The molecule has 0 fully saturated rings. The van der Waals surface area contributed by atoms with E-state index in [2.05, 4.69) is 115 Å². The fourth-order valence-electron chi connectivity index (χ4n) is 8.68. The number of aromatic hydroxyl groups is 2. The van der Waals surface area contributed by atoms with E-state index < -0.39 is 0 Å². The van der Waals surface area contributed by atoms with Crippen LogP contribution in [0.4, 0.5) is 0 Å². The smallest absolute Gasteiger partial charge is 0.214 e. The van der Waals surface area contributed by atoms with Gasteiger partial charge in [0.15, 0.2) is 0 Å². The molecule has 2 heterocycles. The van der Waals surface area contributed by atoms with E-state index in [0.29, 0.717) is 24.6 Å². The monoisotopic (exact) mass is 885 g/mol. The molecule has 0 spiro atoms. The molecule has 0 bridgehead atoms. The highest BCUT2D eigenvalue weighted by molar-refractivity contribution is 7.16. The quantitative estimate of drug-likeness (QED) is 0.0439. The van der Waals surface area contributed by atoms with Gasteiger partial charge < -0.3 is 10.2 Å². The average Bonchev–Trinajstić information content (AvgIpc) is 3.93. The summed E-state index contributed by atoms with van der Waals surface area (Å²) in [6.45, 7) is 27.5. The molecular weight excluding hydrogens is 801 g/mol. The molecule has 2 aromatic heterocycles. The van der Waals surface area contributed by atoms with Crippen LogP contribution < -0.4 is 0 Å². The zero-order chi connectivity index (χ0) is 45.3. The topological polar surface area (TPSA) is 64.0 Å². The van der Waals surface area contributed by atoms with Crippen molar-refractivity contribution in [3.05, 3.63) is 79.2 Å². The third kappa shape index (κ3) is 15.1. The predicted molar refractivity (Wildman–Crippen MR) is 271 cm³/mol. The van der Waals surface area contributed by atoms with Gasteiger partial charge in [0.2, 0.25) is 5.78 Å². The molecule has 0 aliphatic rings. The van der Waals surface area contributed by atoms with E-state index in [0.717, 1.165) is 106 Å². The summed E-state index contributed by atoms with van der Waals surface area (Å²) >= 11 is 3.01. The van der Waals surface area contributed by atoms with Gasteiger partial charge in [0.1, 0.15) is 11.5 Å². The van der Waals surface area contributed by atoms with Crippen LogP contribution >= 0.6 is 22.7 Å². The van der Waals surface area contributed by atoms with E-state index in [9.17, 15) is 15.0 Å². The zero-order valence-electron chi connectivity index (χ0n) is 40.7. The highest BCUT2D eigenvalue weighted by atomic mass is 32.1. The Bertz CT molecular complexity index is 1780. The van der Waals surface area contributed by atoms with E-state index in [1.807, 2.05) is 10.8 Å². The Labute approximate surface area is 386 Å². The largest absolute Gasteiger partial charge is 0.507 e. The molecule has 62 heavy (non-hydrogen) atoms. The Balaban J connectivity index is 1.74. The normalized spacial score (nSPS) is 12.3. The second-order valence-electron chi connectivity index (χ2n) is 20.0. The molecule has 0 radical (unpaired) electrons. The highest BCUT2D eigenvalue weighted by Gasteiger charge is 2.28. The van der Waals surface area contributed by atoms with Crippen LogP contribution in [0.2, 0.25) is 0 Å². The number of benzene rings is 2. The highest BCUT2D eigenvalue weighted by Crippen LogP contribution is 2.43. The molecule has 0 unspecified atom stereocenters. The minimum absolute atomic E-state index is 0.0285. The molecular formula is C55H84N2O3S2. The molecule has 2 N–H and O–H groups in total. The third-order valence-corrected chi connectivity index (χ3v) is 14.3. The van der Waals surface area contributed by atoms with Crippen molar-refractivity contribution in [2.45, 2.75) is 196 Å². The lowest BCUT2D eigenvalue weighted by molar-refractivity contribution is 0.104. The van der Waals surface area contributed by atoms with Crippen molar-refractivity contribution in [2.24, 2.45) is 0 Å². The van der Waals surface area contributed by atoms with Crippen LogP contribution in [-0.2, 0) is 23.9 Å². The Morgan fingerprint density at radius 2 is 0.823 bits per heavy atom. The van der Waals surface area contributed by atoms with Crippen molar-refractivity contribution in [3.8, 4) is 33.8 Å². The number of unbranched alkanes of at least 4 members (excludes halogenated alkanes) is 12. The molecule has 7 heteroatoms. The maximum atomic E-state index is 15.0. The summed E-state index contributed by atoms with van der Waals surface area (Å²) in [5.41, 5.74) is 6.96. The van der Waals surface area contributed by atoms with E-state index in [1.54, 1.807) is 0 Å². The molecule has 0 aliphatic heterocycles. The number of thiophene rings is 2. The van der Waals surface area contributed by atoms with E-state index >= 15 is 0 Å². The predicted octanol–water partition coefficient (Wildman–Crippen LogP) is 16.3. The second kappa shape index (κ2) is 25.5. The van der Waals surface area contributed by atoms with Gasteiger partial charge in [-0.2, -0.15) is 0 Å². The first-order valence-corrected chi connectivity index (χ1v) is 26.3. The number of phenolic OH excluding ortho intramolecular Hbond substituents is 2. The lowest BCUT2D eigenvalue weighted by Gasteiger charge is -2.27. The summed E-state index contributed by atoms with van der Waals surface area (Å²) in [7, 11) is 0. The van der Waals surface area contributed by atoms with Crippen molar-refractivity contribution in [1.29, 1.82) is 0 Å². The number of rotatable bonds is 28. The fourth-order valence-corrected chi connectivity index (χ4v) is 10.5. The van der Waals surface area contributed by atoms with Gasteiger partial charge in [0, 0.05) is 46.5 Å². The number of carbonyl (C=O) groups excluding carboxylic acids is 1. The first-order valence-electron chi connectivity index (χ1n) is 24.5. The number of hydrogen-bond acceptors (Lipinski definition) is 7. The van der Waals surface area contributed by atoms with Crippen LogP contribution in [0.25, 0.3) is 22.3 Å². The Morgan fingerprint density at radius 3 is 1.11 bits per heavy atom. The standard InChI is InChI=1S/C55H84N2O3S2/c1-11-15-19-23-29-56(30-24-20-16-12-2)39-43-35-41(37-47(49(43)58)54(5,6)7)45-27-33-61-52(45)51(60)53-46(28-34-62-53)42-36-44(50(59)48(38-42)55(8,9)10)40-57(31-25-21-17-13-3)32-26-22-18-14-4/h27-28,33-38,58-59H,11-26,29-32,39-40H2,1-10H3. The van der Waals surface area contributed by atoms with Gasteiger partial charge in [-0.05, 0) is 121 Å². The third-order valence-electron chi connectivity index (χ3n) is 12.5. The van der Waals surface area contributed by atoms with Gasteiger partial charge in [-0.25, -0.2) is 0 Å². The average molecular weight is 885 g/mol. The van der Waals surface area contributed by atoms with Crippen molar-refractivity contribution >= 4 is 28.5 Å². The fraction of sp³-hybridized carbons (Fsp3) is 0.618. The number of carbonyl (C=O) groups is 1. The minimum Gasteiger partial charge on any atom is -0.507 e. The van der Waals surface area contributed by atoms with E-state index in [1.165, 1.54) is 99.7 Å². The summed E-state index contributed by atoms with van der Waals surface area (Å²) in [5.74, 6) is 0.798. The summed E-state index contributed by atoms with van der Waals surface area (Å²) in [4.78, 5) is 21.5. The SMILES string of the molecule is CCCCCCN(CCCCCC)Cc1cc(-c2ccsc2C(=O)c2sccc2-c2cc(CN(CCCCCC)CCCCCC)c(O)c(C(C)(C)C)c2)cc(C(C)(C)C)c1O. The van der Waals surface area contributed by atoms with Gasteiger partial charge in [-0.3, -0.25) is 14.6 Å². The molecule has 0 saturated heterocycles. The van der Waals surface area contributed by atoms with Gasteiger partial charge in [-0.1, -0.05) is 146 Å². The maximum absolute atomic E-state index is 15.0. The molecule has 5 nitrogen and oxygen atoms in total. The first kappa shape index (κ1) is 51.7. The Morgan fingerprint density at radius 1 is 0.500 bits per heavy atom. The van der Waals surface area contributed by atoms with Crippen LogP contribution in [0, 0.1) is 0 Å². The summed E-state index contributed by atoms with van der Waals surface area (Å²) in [5, 5.41) is 27.9. The van der Waals surface area contributed by atoms with E-state index in [4.69, 9.17) is 0 Å². The lowest BCUT2D eigenvalue weighted by Crippen LogP contribution is -2.26. The van der Waals surface area contributed by atoms with Gasteiger partial charge in [0.05, 0.1) is 9.75 Å². The molecule has 4 rings (SSSR count). The van der Waals surface area contributed by atoms with Gasteiger partial charge in [0.25, 0.3) is 0 Å². The molecule has 0 aliphatic carbocycles. The minimum atomic E-state index is -0.287. The van der Waals surface area contributed by atoms with Gasteiger partial charge >= 0.3 is 0 Å². The number of ketones is 1. The summed E-state index contributed by atoms with van der Waals surface area (Å²) < 4.78 is 0. The molecule has 2 aromatic carbocycles. The summed E-state index contributed by atoms with van der Waals surface area (Å²) in [6, 6.07) is 12.7. The van der Waals surface area contributed by atoms with Gasteiger partial charge in [-0.15, -0.1) is 22.7 Å². The van der Waals surface area contributed by atoms with Crippen molar-refractivity contribution in [1.82, 2.24) is 9.80 Å². The Kier molecular flexibility index (Phi) is 21.2. The van der Waals surface area contributed by atoms with E-state index in [-0.39, 0.29) is 16.6 Å².